The predicted molar refractivity (Wildman–Crippen MR) is 87.7 cm³/mol. The molecule has 1 atom stereocenters. The summed E-state index contributed by atoms with van der Waals surface area (Å²) in [6.07, 6.45) is 1.83. The standard InChI is InChI=1S/C18H22FN3O2/c1-18(2,3)17(23)22-10-4-5-13(11-22)16-20-15(21-24-16)12-6-8-14(19)9-7-12/h6-9,13H,4-5,10-11H2,1-3H3/t13-/m0/s1. The Morgan fingerprint density at radius 1 is 1.29 bits per heavy atom. The van der Waals surface area contributed by atoms with Gasteiger partial charge in [-0.25, -0.2) is 4.39 Å². The van der Waals surface area contributed by atoms with Gasteiger partial charge in [0.05, 0.1) is 5.92 Å². The minimum absolute atomic E-state index is 0.0479. The van der Waals surface area contributed by atoms with E-state index in [0.29, 0.717) is 23.8 Å². The number of hydrogen-bond donors (Lipinski definition) is 0. The van der Waals surface area contributed by atoms with E-state index in [9.17, 15) is 9.18 Å². The maximum Gasteiger partial charge on any atom is 0.231 e. The second-order valence-electron chi connectivity index (χ2n) is 7.30. The number of rotatable bonds is 2. The van der Waals surface area contributed by atoms with E-state index >= 15 is 0 Å². The molecule has 0 bridgehead atoms. The Labute approximate surface area is 140 Å². The minimum Gasteiger partial charge on any atom is -0.341 e. The Morgan fingerprint density at radius 2 is 2.00 bits per heavy atom. The first-order chi connectivity index (χ1) is 11.3. The van der Waals surface area contributed by atoms with E-state index in [4.69, 9.17) is 4.52 Å². The van der Waals surface area contributed by atoms with E-state index in [0.717, 1.165) is 19.4 Å². The predicted octanol–water partition coefficient (Wildman–Crippen LogP) is 3.63. The highest BCUT2D eigenvalue weighted by atomic mass is 19.1. The molecule has 1 saturated heterocycles. The number of aromatic nitrogens is 2. The molecule has 1 amide bonds. The van der Waals surface area contributed by atoms with Crippen LogP contribution in [-0.4, -0.2) is 34.0 Å². The van der Waals surface area contributed by atoms with Crippen molar-refractivity contribution in [2.45, 2.75) is 39.5 Å². The lowest BCUT2D eigenvalue weighted by Gasteiger charge is -2.35. The number of carbonyl (C=O) groups is 1. The molecule has 5 nitrogen and oxygen atoms in total. The highest BCUT2D eigenvalue weighted by Gasteiger charge is 2.33. The van der Waals surface area contributed by atoms with Crippen LogP contribution in [0.3, 0.4) is 0 Å². The van der Waals surface area contributed by atoms with Gasteiger partial charge in [-0.2, -0.15) is 4.98 Å². The van der Waals surface area contributed by atoms with Crippen LogP contribution in [0.1, 0.15) is 45.4 Å². The molecular formula is C18H22FN3O2. The van der Waals surface area contributed by atoms with Gasteiger partial charge in [-0.1, -0.05) is 25.9 Å². The molecule has 2 aromatic rings. The molecule has 0 saturated carbocycles. The first-order valence-corrected chi connectivity index (χ1v) is 8.23. The Morgan fingerprint density at radius 3 is 2.67 bits per heavy atom. The summed E-state index contributed by atoms with van der Waals surface area (Å²) in [5.41, 5.74) is 0.320. The number of benzene rings is 1. The molecule has 0 spiro atoms. The number of piperidine rings is 1. The normalized spacial score (nSPS) is 18.7. The zero-order chi connectivity index (χ0) is 17.3. The summed E-state index contributed by atoms with van der Waals surface area (Å²) in [4.78, 5) is 18.8. The van der Waals surface area contributed by atoms with E-state index in [1.807, 2.05) is 25.7 Å². The van der Waals surface area contributed by atoms with Crippen molar-refractivity contribution in [1.82, 2.24) is 15.0 Å². The minimum atomic E-state index is -0.393. The zero-order valence-corrected chi connectivity index (χ0v) is 14.3. The number of halogens is 1. The fourth-order valence-electron chi connectivity index (χ4n) is 2.95. The Hall–Kier alpha value is -2.24. The van der Waals surface area contributed by atoms with Crippen LogP contribution >= 0.6 is 0 Å². The summed E-state index contributed by atoms with van der Waals surface area (Å²) in [6, 6.07) is 5.99. The van der Waals surface area contributed by atoms with Crippen molar-refractivity contribution in [2.24, 2.45) is 5.41 Å². The smallest absolute Gasteiger partial charge is 0.231 e. The Balaban J connectivity index is 1.75. The molecule has 0 radical (unpaired) electrons. The molecule has 2 heterocycles. The lowest BCUT2D eigenvalue weighted by atomic mass is 9.91. The van der Waals surface area contributed by atoms with Crippen LogP contribution in [0, 0.1) is 11.2 Å². The van der Waals surface area contributed by atoms with Gasteiger partial charge in [0.2, 0.25) is 17.6 Å². The van der Waals surface area contributed by atoms with Crippen molar-refractivity contribution in [3.63, 3.8) is 0 Å². The van der Waals surface area contributed by atoms with Crippen molar-refractivity contribution in [1.29, 1.82) is 0 Å². The van der Waals surface area contributed by atoms with Crippen LogP contribution in [-0.2, 0) is 4.79 Å². The van der Waals surface area contributed by atoms with Crippen molar-refractivity contribution in [3.8, 4) is 11.4 Å². The SMILES string of the molecule is CC(C)(C)C(=O)N1CCC[C@H](c2nc(-c3ccc(F)cc3)no2)C1. The average molecular weight is 331 g/mol. The van der Waals surface area contributed by atoms with Gasteiger partial charge in [0, 0.05) is 24.1 Å². The summed E-state index contributed by atoms with van der Waals surface area (Å²) in [5, 5.41) is 4.00. The number of nitrogens with zero attached hydrogens (tertiary/aromatic N) is 3. The maximum absolute atomic E-state index is 13.0. The number of hydrogen-bond acceptors (Lipinski definition) is 4. The van der Waals surface area contributed by atoms with Crippen LogP contribution in [0.5, 0.6) is 0 Å². The lowest BCUT2D eigenvalue weighted by molar-refractivity contribution is -0.140. The molecule has 6 heteroatoms. The van der Waals surface area contributed by atoms with Crippen molar-refractivity contribution < 1.29 is 13.7 Å². The molecule has 1 fully saturated rings. The quantitative estimate of drug-likeness (QED) is 0.843. The highest BCUT2D eigenvalue weighted by Crippen LogP contribution is 2.30. The van der Waals surface area contributed by atoms with E-state index in [2.05, 4.69) is 10.1 Å². The topological polar surface area (TPSA) is 59.2 Å². The number of likely N-dealkylation sites (tertiary alicyclic amines) is 1. The van der Waals surface area contributed by atoms with Crippen molar-refractivity contribution in [3.05, 3.63) is 36.0 Å². The van der Waals surface area contributed by atoms with Crippen LogP contribution in [0.25, 0.3) is 11.4 Å². The summed E-state index contributed by atoms with van der Waals surface area (Å²) in [7, 11) is 0. The van der Waals surface area contributed by atoms with E-state index < -0.39 is 5.41 Å². The fourth-order valence-corrected chi connectivity index (χ4v) is 2.95. The summed E-state index contributed by atoms with van der Waals surface area (Å²) in [6.45, 7) is 7.15. The first kappa shape index (κ1) is 16.6. The highest BCUT2D eigenvalue weighted by molar-refractivity contribution is 5.81. The summed E-state index contributed by atoms with van der Waals surface area (Å²) in [5.74, 6) is 0.883. The van der Waals surface area contributed by atoms with Crippen LogP contribution in [0.4, 0.5) is 4.39 Å². The maximum atomic E-state index is 13.0. The second kappa shape index (κ2) is 6.34. The van der Waals surface area contributed by atoms with Gasteiger partial charge in [0.1, 0.15) is 5.82 Å². The van der Waals surface area contributed by atoms with Gasteiger partial charge in [-0.3, -0.25) is 4.79 Å². The second-order valence-corrected chi connectivity index (χ2v) is 7.30. The van der Waals surface area contributed by atoms with E-state index in [-0.39, 0.29) is 17.6 Å². The van der Waals surface area contributed by atoms with Crippen molar-refractivity contribution >= 4 is 5.91 Å². The fraction of sp³-hybridized carbons (Fsp3) is 0.500. The van der Waals surface area contributed by atoms with Crippen LogP contribution < -0.4 is 0 Å². The van der Waals surface area contributed by atoms with E-state index in [1.54, 1.807) is 12.1 Å². The number of amides is 1. The van der Waals surface area contributed by atoms with Gasteiger partial charge < -0.3 is 9.42 Å². The summed E-state index contributed by atoms with van der Waals surface area (Å²) >= 11 is 0. The largest absolute Gasteiger partial charge is 0.341 e. The number of carbonyl (C=O) groups excluding carboxylic acids is 1. The van der Waals surface area contributed by atoms with Gasteiger partial charge in [0.15, 0.2) is 0 Å². The third kappa shape index (κ3) is 3.47. The van der Waals surface area contributed by atoms with Gasteiger partial charge >= 0.3 is 0 Å². The van der Waals surface area contributed by atoms with Gasteiger partial charge in [0.25, 0.3) is 0 Å². The molecule has 1 aromatic carbocycles. The molecular weight excluding hydrogens is 309 g/mol. The average Bonchev–Trinajstić information content (AvgIpc) is 3.04. The van der Waals surface area contributed by atoms with Crippen LogP contribution in [0.2, 0.25) is 0 Å². The third-order valence-electron chi connectivity index (χ3n) is 4.24. The molecule has 0 unspecified atom stereocenters. The molecule has 0 N–H and O–H groups in total. The Kier molecular flexibility index (Phi) is 4.39. The van der Waals surface area contributed by atoms with Crippen molar-refractivity contribution in [2.75, 3.05) is 13.1 Å². The molecule has 24 heavy (non-hydrogen) atoms. The molecule has 1 aliphatic rings. The monoisotopic (exact) mass is 331 g/mol. The van der Waals surface area contributed by atoms with Gasteiger partial charge in [-0.05, 0) is 37.1 Å². The lowest BCUT2D eigenvalue weighted by Crippen LogP contribution is -2.44. The molecule has 1 aliphatic heterocycles. The molecule has 128 valence electrons. The Bertz CT molecular complexity index is 719. The molecule has 1 aromatic heterocycles. The summed E-state index contributed by atoms with van der Waals surface area (Å²) < 4.78 is 18.4. The van der Waals surface area contributed by atoms with E-state index in [1.165, 1.54) is 12.1 Å². The molecule has 3 rings (SSSR count). The van der Waals surface area contributed by atoms with Gasteiger partial charge in [-0.15, -0.1) is 0 Å². The zero-order valence-electron chi connectivity index (χ0n) is 14.3. The first-order valence-electron chi connectivity index (χ1n) is 8.23. The molecule has 0 aliphatic carbocycles. The third-order valence-corrected chi connectivity index (χ3v) is 4.24. The van der Waals surface area contributed by atoms with Crippen LogP contribution in [0.15, 0.2) is 28.8 Å².